The minimum absolute atomic E-state index is 0.0563. The van der Waals surface area contributed by atoms with Gasteiger partial charge in [0.25, 0.3) is 0 Å². The Balaban J connectivity index is 2.04. The molecule has 0 bridgehead atoms. The van der Waals surface area contributed by atoms with Crippen LogP contribution in [0, 0.1) is 12.7 Å². The summed E-state index contributed by atoms with van der Waals surface area (Å²) >= 11 is 11.7. The van der Waals surface area contributed by atoms with Crippen molar-refractivity contribution in [3.8, 4) is 0 Å². The third-order valence-electron chi connectivity index (χ3n) is 3.91. The number of rotatable bonds is 2. The van der Waals surface area contributed by atoms with Crippen molar-refractivity contribution in [2.24, 2.45) is 4.99 Å². The zero-order chi connectivity index (χ0) is 18.4. The highest BCUT2D eigenvalue weighted by atomic mass is 35.5. The lowest BCUT2D eigenvalue weighted by Crippen LogP contribution is -2.45. The minimum atomic E-state index is -4.76. The fraction of sp³-hybridized carbons (Fsp3) is 0.235. The van der Waals surface area contributed by atoms with Crippen molar-refractivity contribution in [1.82, 2.24) is 0 Å². The van der Waals surface area contributed by atoms with Crippen LogP contribution in [-0.4, -0.2) is 18.6 Å². The zero-order valence-corrected chi connectivity index (χ0v) is 14.3. The van der Waals surface area contributed by atoms with Gasteiger partial charge in [-0.15, -0.1) is 0 Å². The summed E-state index contributed by atoms with van der Waals surface area (Å²) in [5.41, 5.74) is -2.40. The molecule has 8 heteroatoms. The Labute approximate surface area is 151 Å². The first kappa shape index (κ1) is 18.0. The van der Waals surface area contributed by atoms with Gasteiger partial charge in [0.1, 0.15) is 5.82 Å². The van der Waals surface area contributed by atoms with Crippen LogP contribution in [-0.2, 0) is 10.3 Å². The number of benzene rings is 2. The maximum atomic E-state index is 13.9. The second-order valence-electron chi connectivity index (χ2n) is 5.67. The Hall–Kier alpha value is -1.79. The van der Waals surface area contributed by atoms with Crippen molar-refractivity contribution >= 4 is 29.1 Å². The Morgan fingerprint density at radius 3 is 2.28 bits per heavy atom. The van der Waals surface area contributed by atoms with Crippen molar-refractivity contribution in [1.29, 1.82) is 0 Å². The highest BCUT2D eigenvalue weighted by Crippen LogP contribution is 2.47. The average molecular weight is 392 g/mol. The van der Waals surface area contributed by atoms with Crippen molar-refractivity contribution in [3.63, 3.8) is 0 Å². The molecule has 132 valence electrons. The summed E-state index contributed by atoms with van der Waals surface area (Å²) < 4.78 is 60.2. The van der Waals surface area contributed by atoms with Crippen LogP contribution in [0.1, 0.15) is 16.7 Å². The van der Waals surface area contributed by atoms with E-state index in [1.165, 1.54) is 25.1 Å². The molecular formula is C17H11Cl2F4NO. The van der Waals surface area contributed by atoms with Crippen LogP contribution in [0.3, 0.4) is 0 Å². The fourth-order valence-electron chi connectivity index (χ4n) is 2.59. The van der Waals surface area contributed by atoms with E-state index in [0.717, 1.165) is 18.2 Å². The molecule has 0 radical (unpaired) electrons. The van der Waals surface area contributed by atoms with E-state index in [4.69, 9.17) is 27.9 Å². The van der Waals surface area contributed by atoms with E-state index in [9.17, 15) is 17.6 Å². The molecule has 2 nitrogen and oxygen atoms in total. The van der Waals surface area contributed by atoms with E-state index in [1.807, 2.05) is 0 Å². The van der Waals surface area contributed by atoms with E-state index in [0.29, 0.717) is 0 Å². The number of hydrogen-bond acceptors (Lipinski definition) is 2. The third-order valence-corrected chi connectivity index (χ3v) is 4.34. The maximum absolute atomic E-state index is 13.9. The molecule has 25 heavy (non-hydrogen) atoms. The van der Waals surface area contributed by atoms with E-state index < -0.39 is 24.1 Å². The molecule has 1 aliphatic rings. The molecule has 1 heterocycles. The zero-order valence-electron chi connectivity index (χ0n) is 12.8. The second-order valence-corrected chi connectivity index (χ2v) is 6.54. The first-order valence-corrected chi connectivity index (χ1v) is 7.91. The summed E-state index contributed by atoms with van der Waals surface area (Å²) in [4.78, 5) is 3.90. The molecule has 0 aromatic heterocycles. The average Bonchev–Trinajstić information content (AvgIpc) is 2.95. The number of aryl methyl sites for hydroxylation is 1. The first-order chi connectivity index (χ1) is 11.6. The standard InChI is InChI=1S/C17H11Cl2F4NO/c1-9-4-10(2-3-14(9)20)15-24-8-16(25-15,17(21,22)23)11-5-12(18)7-13(19)6-11/h2-7H,8H2,1H3. The number of aliphatic imine (C=N–C) groups is 1. The van der Waals surface area contributed by atoms with Gasteiger partial charge in [-0.3, -0.25) is 0 Å². The van der Waals surface area contributed by atoms with Crippen LogP contribution in [0.2, 0.25) is 10.0 Å². The normalized spacial score (nSPS) is 20.4. The summed E-state index contributed by atoms with van der Waals surface area (Å²) in [5.74, 6) is -0.678. The third kappa shape index (κ3) is 3.20. The van der Waals surface area contributed by atoms with Crippen molar-refractivity contribution in [2.45, 2.75) is 18.7 Å². The SMILES string of the molecule is Cc1cc(C2=NCC(c3cc(Cl)cc(Cl)c3)(C(F)(F)F)O2)ccc1F. The lowest BCUT2D eigenvalue weighted by Gasteiger charge is -2.31. The van der Waals surface area contributed by atoms with E-state index in [-0.39, 0.29) is 32.6 Å². The summed E-state index contributed by atoms with van der Waals surface area (Å²) in [6.45, 7) is 0.820. The Morgan fingerprint density at radius 2 is 1.72 bits per heavy atom. The van der Waals surface area contributed by atoms with Crippen molar-refractivity contribution in [2.75, 3.05) is 6.54 Å². The Morgan fingerprint density at radius 1 is 1.08 bits per heavy atom. The number of hydrogen-bond donors (Lipinski definition) is 0. The lowest BCUT2D eigenvalue weighted by atomic mass is 9.93. The summed E-state index contributed by atoms with van der Waals surface area (Å²) in [6.07, 6.45) is -4.76. The molecule has 0 saturated carbocycles. The van der Waals surface area contributed by atoms with Gasteiger partial charge in [-0.2, -0.15) is 13.2 Å². The van der Waals surface area contributed by atoms with Crippen LogP contribution in [0.25, 0.3) is 0 Å². The van der Waals surface area contributed by atoms with Gasteiger partial charge in [0.15, 0.2) is 0 Å². The first-order valence-electron chi connectivity index (χ1n) is 7.16. The quantitative estimate of drug-likeness (QED) is 0.603. The van der Waals surface area contributed by atoms with Crippen LogP contribution < -0.4 is 0 Å². The molecule has 0 saturated heterocycles. The summed E-state index contributed by atoms with van der Waals surface area (Å²) in [7, 11) is 0. The monoisotopic (exact) mass is 391 g/mol. The van der Waals surface area contributed by atoms with Crippen LogP contribution in [0.5, 0.6) is 0 Å². The molecule has 0 amide bonds. The van der Waals surface area contributed by atoms with Gasteiger partial charge in [0.2, 0.25) is 11.5 Å². The Bertz CT molecular complexity index is 846. The maximum Gasteiger partial charge on any atom is 0.434 e. The van der Waals surface area contributed by atoms with Gasteiger partial charge < -0.3 is 4.74 Å². The van der Waals surface area contributed by atoms with E-state index in [1.54, 1.807) is 0 Å². The molecule has 0 spiro atoms. The molecule has 2 aromatic rings. The van der Waals surface area contributed by atoms with Gasteiger partial charge in [0.05, 0.1) is 6.54 Å². The summed E-state index contributed by atoms with van der Waals surface area (Å²) in [6, 6.07) is 7.48. The smallest absolute Gasteiger partial charge is 0.434 e. The number of nitrogens with zero attached hydrogens (tertiary/aromatic N) is 1. The van der Waals surface area contributed by atoms with Gasteiger partial charge in [-0.1, -0.05) is 23.2 Å². The van der Waals surface area contributed by atoms with E-state index in [2.05, 4.69) is 4.99 Å². The lowest BCUT2D eigenvalue weighted by molar-refractivity contribution is -0.249. The topological polar surface area (TPSA) is 21.6 Å². The predicted octanol–water partition coefficient (Wildman–Crippen LogP) is 5.68. The fourth-order valence-corrected chi connectivity index (χ4v) is 3.12. The Kier molecular flexibility index (Phi) is 4.45. The van der Waals surface area contributed by atoms with Crippen molar-refractivity contribution < 1.29 is 22.3 Å². The summed E-state index contributed by atoms with van der Waals surface area (Å²) in [5, 5.41) is 0.113. The highest BCUT2D eigenvalue weighted by Gasteiger charge is 2.61. The molecule has 1 atom stereocenters. The molecule has 0 aliphatic carbocycles. The molecule has 3 rings (SSSR count). The highest BCUT2D eigenvalue weighted by molar-refractivity contribution is 6.34. The molecule has 0 N–H and O–H groups in total. The molecular weight excluding hydrogens is 381 g/mol. The van der Waals surface area contributed by atoms with Gasteiger partial charge >= 0.3 is 6.18 Å². The second kappa shape index (κ2) is 6.18. The molecule has 0 fully saturated rings. The van der Waals surface area contributed by atoms with Crippen molar-refractivity contribution in [3.05, 3.63) is 69.0 Å². The molecule has 1 aliphatic heterocycles. The number of alkyl halides is 3. The van der Waals surface area contributed by atoms with Gasteiger partial charge in [-0.05, 0) is 48.9 Å². The number of ether oxygens (including phenoxy) is 1. The van der Waals surface area contributed by atoms with Crippen LogP contribution >= 0.6 is 23.2 Å². The number of halogens is 6. The molecule has 2 aromatic carbocycles. The van der Waals surface area contributed by atoms with E-state index >= 15 is 0 Å². The van der Waals surface area contributed by atoms with Gasteiger partial charge in [0, 0.05) is 21.2 Å². The molecule has 1 unspecified atom stereocenters. The van der Waals surface area contributed by atoms with Crippen LogP contribution in [0.4, 0.5) is 17.6 Å². The van der Waals surface area contributed by atoms with Gasteiger partial charge in [-0.25, -0.2) is 9.38 Å². The predicted molar refractivity (Wildman–Crippen MR) is 87.8 cm³/mol. The minimum Gasteiger partial charge on any atom is -0.454 e. The largest absolute Gasteiger partial charge is 0.454 e. The van der Waals surface area contributed by atoms with Crippen LogP contribution in [0.15, 0.2) is 41.4 Å².